The molecule has 0 N–H and O–H groups in total. The van der Waals surface area contributed by atoms with Crippen LogP contribution < -0.4 is 4.90 Å². The predicted molar refractivity (Wildman–Crippen MR) is 107 cm³/mol. The number of nitrogens with zero attached hydrogens (tertiary/aromatic N) is 7. The molecule has 4 aromatic heterocycles. The highest BCUT2D eigenvalue weighted by Gasteiger charge is 2.32. The molecule has 0 bridgehead atoms. The molecule has 0 amide bonds. The van der Waals surface area contributed by atoms with Gasteiger partial charge in [0, 0.05) is 59.9 Å². The van der Waals surface area contributed by atoms with Crippen molar-refractivity contribution in [3.8, 4) is 11.1 Å². The maximum atomic E-state index is 12.8. The van der Waals surface area contributed by atoms with Gasteiger partial charge in [-0.25, -0.2) is 0 Å². The summed E-state index contributed by atoms with van der Waals surface area (Å²) in [5.41, 5.74) is 5.22. The number of halogens is 3. The van der Waals surface area contributed by atoms with Crippen LogP contribution in [0.15, 0.2) is 36.9 Å². The molecule has 0 atom stereocenters. The van der Waals surface area contributed by atoms with Crippen LogP contribution in [0.25, 0.3) is 16.8 Å². The molecule has 1 aliphatic rings. The van der Waals surface area contributed by atoms with Gasteiger partial charge in [-0.1, -0.05) is 6.07 Å². The number of hydrogen-bond donors (Lipinski definition) is 0. The third-order valence-corrected chi connectivity index (χ3v) is 5.69. The molecular weight excluding hydrogens is 407 g/mol. The van der Waals surface area contributed by atoms with Gasteiger partial charge in [-0.05, 0) is 31.5 Å². The zero-order valence-corrected chi connectivity index (χ0v) is 16.8. The lowest BCUT2D eigenvalue weighted by Crippen LogP contribution is -2.32. The van der Waals surface area contributed by atoms with Gasteiger partial charge in [0.1, 0.15) is 12.0 Å². The van der Waals surface area contributed by atoms with E-state index in [4.69, 9.17) is 0 Å². The van der Waals surface area contributed by atoms with Crippen LogP contribution in [0.4, 0.5) is 19.0 Å². The van der Waals surface area contributed by atoms with E-state index in [1.807, 2.05) is 19.9 Å². The van der Waals surface area contributed by atoms with Gasteiger partial charge in [0.15, 0.2) is 11.5 Å². The maximum absolute atomic E-state index is 12.8. The molecule has 5 heterocycles. The minimum Gasteiger partial charge on any atom is -0.350 e. The van der Waals surface area contributed by atoms with Gasteiger partial charge in [-0.2, -0.15) is 17.7 Å². The molecule has 5 rings (SSSR count). The number of aromatic nitrogens is 6. The Kier molecular flexibility index (Phi) is 4.38. The molecule has 0 saturated heterocycles. The summed E-state index contributed by atoms with van der Waals surface area (Å²) in [6.45, 7) is 5.39. The van der Waals surface area contributed by atoms with Crippen LogP contribution in [-0.4, -0.2) is 36.3 Å². The fourth-order valence-corrected chi connectivity index (χ4v) is 3.86. The minimum atomic E-state index is -4.46. The lowest BCUT2D eigenvalue weighted by atomic mass is 10.0. The number of hydrogen-bond acceptors (Lipinski definition) is 6. The van der Waals surface area contributed by atoms with Gasteiger partial charge in [-0.15, -0.1) is 15.3 Å². The summed E-state index contributed by atoms with van der Waals surface area (Å²) < 4.78 is 40.1. The molecule has 0 saturated carbocycles. The quantitative estimate of drug-likeness (QED) is 0.487. The molecule has 0 spiro atoms. The number of rotatable bonds is 2. The molecule has 4 aromatic rings. The number of anilines is 1. The summed E-state index contributed by atoms with van der Waals surface area (Å²) in [7, 11) is 0. The minimum absolute atomic E-state index is 0.594. The Morgan fingerprint density at radius 2 is 1.81 bits per heavy atom. The van der Waals surface area contributed by atoms with E-state index in [2.05, 4.69) is 30.2 Å². The molecule has 31 heavy (non-hydrogen) atoms. The summed E-state index contributed by atoms with van der Waals surface area (Å²) in [5, 5.41) is 12.7. The Morgan fingerprint density at radius 3 is 2.55 bits per heavy atom. The monoisotopic (exact) mass is 425 g/mol. The van der Waals surface area contributed by atoms with Crippen LogP contribution in [0, 0.1) is 13.8 Å². The van der Waals surface area contributed by atoms with Gasteiger partial charge < -0.3 is 4.90 Å². The van der Waals surface area contributed by atoms with Gasteiger partial charge in [0.25, 0.3) is 0 Å². The molecule has 0 fully saturated rings. The fraction of sp³-hybridized carbons (Fsp3) is 0.286. The molecule has 0 aromatic carbocycles. The standard InChI is InChI=1S/C21H18F3N7/c1-12-13(2)20(29-31-11-27-28-19(12)31)30-6-5-17-16(10-30)7-15(9-25-17)14-3-4-18(26-8-14)21(22,23)24/h3-4,7-9,11H,5-6,10H2,1-2H3. The summed E-state index contributed by atoms with van der Waals surface area (Å²) in [5.74, 6) is 0.858. The third-order valence-electron chi connectivity index (χ3n) is 5.69. The van der Waals surface area contributed by atoms with Crippen LogP contribution >= 0.6 is 0 Å². The van der Waals surface area contributed by atoms with Crippen LogP contribution in [0.3, 0.4) is 0 Å². The summed E-state index contributed by atoms with van der Waals surface area (Å²) >= 11 is 0. The van der Waals surface area contributed by atoms with Crippen molar-refractivity contribution >= 4 is 11.5 Å². The highest BCUT2D eigenvalue weighted by atomic mass is 19.4. The molecule has 10 heteroatoms. The van der Waals surface area contributed by atoms with Crippen LogP contribution in [-0.2, 0) is 19.1 Å². The molecule has 0 aliphatic carbocycles. The van der Waals surface area contributed by atoms with E-state index in [0.717, 1.165) is 58.4 Å². The highest BCUT2D eigenvalue weighted by molar-refractivity contribution is 5.64. The normalized spacial score (nSPS) is 14.2. The summed E-state index contributed by atoms with van der Waals surface area (Å²) in [6.07, 6.45) is 0.807. The Morgan fingerprint density at radius 1 is 1.00 bits per heavy atom. The fourth-order valence-electron chi connectivity index (χ4n) is 3.86. The summed E-state index contributed by atoms with van der Waals surface area (Å²) in [4.78, 5) is 10.3. The zero-order valence-electron chi connectivity index (χ0n) is 16.8. The van der Waals surface area contributed by atoms with E-state index in [9.17, 15) is 13.2 Å². The zero-order chi connectivity index (χ0) is 21.8. The van der Waals surface area contributed by atoms with Crippen molar-refractivity contribution in [3.05, 3.63) is 65.0 Å². The third kappa shape index (κ3) is 3.37. The Balaban J connectivity index is 1.47. The largest absolute Gasteiger partial charge is 0.433 e. The van der Waals surface area contributed by atoms with Crippen LogP contribution in [0.5, 0.6) is 0 Å². The molecule has 0 unspecified atom stereocenters. The van der Waals surface area contributed by atoms with Gasteiger partial charge in [0.05, 0.1) is 0 Å². The predicted octanol–water partition coefficient (Wildman–Crippen LogP) is 3.78. The van der Waals surface area contributed by atoms with Crippen molar-refractivity contribution in [1.29, 1.82) is 0 Å². The van der Waals surface area contributed by atoms with E-state index in [-0.39, 0.29) is 0 Å². The van der Waals surface area contributed by atoms with Crippen molar-refractivity contribution in [3.63, 3.8) is 0 Å². The van der Waals surface area contributed by atoms with E-state index in [0.29, 0.717) is 12.1 Å². The second kappa shape index (κ2) is 7.00. The second-order valence-corrected chi connectivity index (χ2v) is 7.60. The topological polar surface area (TPSA) is 72.1 Å². The number of fused-ring (bicyclic) bond motifs is 2. The average Bonchev–Trinajstić information content (AvgIpc) is 3.24. The van der Waals surface area contributed by atoms with Crippen molar-refractivity contribution in [2.24, 2.45) is 0 Å². The molecule has 158 valence electrons. The molecule has 7 nitrogen and oxygen atoms in total. The van der Waals surface area contributed by atoms with Crippen molar-refractivity contribution < 1.29 is 13.2 Å². The van der Waals surface area contributed by atoms with E-state index >= 15 is 0 Å². The van der Waals surface area contributed by atoms with E-state index in [1.165, 1.54) is 12.3 Å². The van der Waals surface area contributed by atoms with Gasteiger partial charge >= 0.3 is 6.18 Å². The Labute approximate surface area is 175 Å². The first-order valence-corrected chi connectivity index (χ1v) is 9.75. The van der Waals surface area contributed by atoms with Crippen molar-refractivity contribution in [1.82, 2.24) is 29.8 Å². The number of alkyl halides is 3. The average molecular weight is 425 g/mol. The number of pyridine rings is 2. The van der Waals surface area contributed by atoms with Crippen LogP contribution in [0.2, 0.25) is 0 Å². The Bertz CT molecular complexity index is 1280. The second-order valence-electron chi connectivity index (χ2n) is 7.60. The summed E-state index contributed by atoms with van der Waals surface area (Å²) in [6, 6.07) is 4.39. The van der Waals surface area contributed by atoms with Gasteiger partial charge in [-0.3, -0.25) is 9.97 Å². The SMILES string of the molecule is Cc1c(N2CCc3ncc(-c4ccc(C(F)(F)F)nc4)cc3C2)nn2cnnc2c1C. The molecule has 0 radical (unpaired) electrons. The first kappa shape index (κ1) is 19.4. The van der Waals surface area contributed by atoms with E-state index in [1.54, 1.807) is 17.0 Å². The Hall–Kier alpha value is -3.56. The smallest absolute Gasteiger partial charge is 0.350 e. The first-order valence-electron chi connectivity index (χ1n) is 9.75. The van der Waals surface area contributed by atoms with Crippen molar-refractivity contribution in [2.75, 3.05) is 11.4 Å². The lowest BCUT2D eigenvalue weighted by molar-refractivity contribution is -0.141. The van der Waals surface area contributed by atoms with Crippen molar-refractivity contribution in [2.45, 2.75) is 33.0 Å². The van der Waals surface area contributed by atoms with Crippen LogP contribution in [0.1, 0.15) is 28.1 Å². The molecular formula is C21H18F3N7. The first-order chi connectivity index (χ1) is 14.8. The lowest BCUT2D eigenvalue weighted by Gasteiger charge is -2.30. The number of aryl methyl sites for hydroxylation is 1. The van der Waals surface area contributed by atoms with Gasteiger partial charge in [0.2, 0.25) is 0 Å². The highest BCUT2D eigenvalue weighted by Crippen LogP contribution is 2.31. The van der Waals surface area contributed by atoms with E-state index < -0.39 is 11.9 Å². The molecule has 1 aliphatic heterocycles. The maximum Gasteiger partial charge on any atom is 0.433 e.